The van der Waals surface area contributed by atoms with Crippen LogP contribution in [0.2, 0.25) is 0 Å². The van der Waals surface area contributed by atoms with Crippen LogP contribution in [-0.4, -0.2) is 21.1 Å². The van der Waals surface area contributed by atoms with Crippen molar-refractivity contribution in [2.45, 2.75) is 58.4 Å². The molecule has 2 heterocycles. The number of imidazole rings is 1. The van der Waals surface area contributed by atoms with Gasteiger partial charge in [-0.25, -0.2) is 9.37 Å². The van der Waals surface area contributed by atoms with Gasteiger partial charge >= 0.3 is 0 Å². The van der Waals surface area contributed by atoms with Gasteiger partial charge in [-0.05, 0) is 74.6 Å². The topological polar surface area (TPSA) is 52.0 Å². The number of rotatable bonds is 7. The lowest BCUT2D eigenvalue weighted by atomic mass is 9.82. The Balaban J connectivity index is 1.52. The second kappa shape index (κ2) is 9.86. The number of halogens is 1. The molecule has 0 aliphatic heterocycles. The lowest BCUT2D eigenvalue weighted by Crippen LogP contribution is -2.22. The largest absolute Gasteiger partial charge is 0.321 e. The quantitative estimate of drug-likeness (QED) is 0.249. The molecule has 1 aliphatic carbocycles. The van der Waals surface area contributed by atoms with Gasteiger partial charge in [0.05, 0.1) is 21.5 Å². The van der Waals surface area contributed by atoms with Crippen LogP contribution in [0.3, 0.4) is 0 Å². The molecule has 0 radical (unpaired) electrons. The molecule has 0 bridgehead atoms. The van der Waals surface area contributed by atoms with E-state index in [-0.39, 0.29) is 29.3 Å². The number of fused-ring (bicyclic) bond motifs is 1. The van der Waals surface area contributed by atoms with E-state index in [0.717, 1.165) is 41.0 Å². The van der Waals surface area contributed by atoms with Gasteiger partial charge in [-0.3, -0.25) is 9.59 Å². The van der Waals surface area contributed by atoms with Crippen molar-refractivity contribution in [3.05, 3.63) is 75.7 Å². The fourth-order valence-corrected chi connectivity index (χ4v) is 6.12. The maximum Gasteiger partial charge on any atom is 0.173 e. The number of carbonyl (C=O) groups is 2. The molecule has 2 atom stereocenters. The van der Waals surface area contributed by atoms with E-state index in [1.807, 2.05) is 50.2 Å². The number of aromatic nitrogens is 2. The van der Waals surface area contributed by atoms with Crippen LogP contribution < -0.4 is 0 Å². The number of nitrogens with zero attached hydrogens (tertiary/aromatic N) is 2. The number of thiophene rings is 1. The van der Waals surface area contributed by atoms with Crippen molar-refractivity contribution in [1.82, 2.24) is 9.55 Å². The summed E-state index contributed by atoms with van der Waals surface area (Å²) in [5.74, 6) is 0.820. The number of hydrogen-bond donors (Lipinski definition) is 0. The molecule has 0 amide bonds. The Bertz CT molecular complexity index is 1400. The molecule has 5 rings (SSSR count). The molecule has 0 unspecified atom stereocenters. The summed E-state index contributed by atoms with van der Waals surface area (Å²) in [6.45, 7) is 3.86. The average Bonchev–Trinajstić information content (AvgIpc) is 3.47. The van der Waals surface area contributed by atoms with Crippen LogP contribution in [0.5, 0.6) is 0 Å². The van der Waals surface area contributed by atoms with Crippen molar-refractivity contribution in [2.24, 2.45) is 5.92 Å². The van der Waals surface area contributed by atoms with E-state index < -0.39 is 0 Å². The Kier molecular flexibility index (Phi) is 6.65. The number of benzene rings is 2. The molecule has 1 aliphatic rings. The number of hydrogen-bond acceptors (Lipinski definition) is 4. The van der Waals surface area contributed by atoms with Gasteiger partial charge < -0.3 is 4.57 Å². The van der Waals surface area contributed by atoms with Crippen molar-refractivity contribution in [3.8, 4) is 11.4 Å². The predicted octanol–water partition coefficient (Wildman–Crippen LogP) is 7.81. The van der Waals surface area contributed by atoms with Gasteiger partial charge in [-0.15, -0.1) is 11.3 Å². The Hall–Kier alpha value is -3.12. The molecule has 1 fully saturated rings. The molecule has 4 nitrogen and oxygen atoms in total. The van der Waals surface area contributed by atoms with Gasteiger partial charge in [0, 0.05) is 29.3 Å². The number of aryl methyl sites for hydroxylation is 1. The Morgan fingerprint density at radius 1 is 1.09 bits per heavy atom. The van der Waals surface area contributed by atoms with Gasteiger partial charge in [0.2, 0.25) is 0 Å². The molecule has 35 heavy (non-hydrogen) atoms. The van der Waals surface area contributed by atoms with Crippen LogP contribution in [0.4, 0.5) is 4.39 Å². The highest BCUT2D eigenvalue weighted by Crippen LogP contribution is 2.40. The number of ketones is 2. The zero-order chi connectivity index (χ0) is 24.5. The van der Waals surface area contributed by atoms with E-state index in [1.165, 1.54) is 6.07 Å². The summed E-state index contributed by atoms with van der Waals surface area (Å²) < 4.78 is 17.1. The van der Waals surface area contributed by atoms with Gasteiger partial charge in [0.25, 0.3) is 0 Å². The van der Waals surface area contributed by atoms with Gasteiger partial charge in [-0.2, -0.15) is 0 Å². The second-order valence-electron chi connectivity index (χ2n) is 9.49. The standard InChI is InChI=1S/C29H29FN2O2S/c1-3-26(33)20-12-13-25-24(17-20)31-29(22-9-4-5-10-23(22)30)32(25)21-8-6-7-19(15-21)16-27(34)28-14-11-18(2)35-28/h4-5,9-14,17,19,21H,3,6-8,15-16H2,1-2H3/t19-,21+/m1/s1. The minimum absolute atomic E-state index is 0.0638. The van der Waals surface area contributed by atoms with Crippen LogP contribution in [0.1, 0.15) is 76.4 Å². The molecular formula is C29H29FN2O2S. The van der Waals surface area contributed by atoms with E-state index in [0.29, 0.717) is 35.3 Å². The summed E-state index contributed by atoms with van der Waals surface area (Å²) in [6, 6.07) is 16.4. The third kappa shape index (κ3) is 4.72. The molecule has 0 saturated heterocycles. The highest BCUT2D eigenvalue weighted by atomic mass is 32.1. The van der Waals surface area contributed by atoms with E-state index in [4.69, 9.17) is 4.98 Å². The van der Waals surface area contributed by atoms with Crippen molar-refractivity contribution >= 4 is 33.9 Å². The van der Waals surface area contributed by atoms with Crippen LogP contribution >= 0.6 is 11.3 Å². The van der Waals surface area contributed by atoms with Crippen LogP contribution in [0.25, 0.3) is 22.4 Å². The molecule has 2 aromatic heterocycles. The minimum Gasteiger partial charge on any atom is -0.321 e. The van der Waals surface area contributed by atoms with Crippen LogP contribution in [0, 0.1) is 18.7 Å². The van der Waals surface area contributed by atoms with E-state index >= 15 is 0 Å². The lowest BCUT2D eigenvalue weighted by Gasteiger charge is -2.31. The maximum atomic E-state index is 14.9. The molecule has 0 N–H and O–H groups in total. The third-order valence-electron chi connectivity index (χ3n) is 7.06. The van der Waals surface area contributed by atoms with Gasteiger partial charge in [0.15, 0.2) is 11.6 Å². The normalized spacial score (nSPS) is 18.1. The zero-order valence-electron chi connectivity index (χ0n) is 20.1. The zero-order valence-corrected chi connectivity index (χ0v) is 20.9. The average molecular weight is 489 g/mol. The molecule has 4 aromatic rings. The van der Waals surface area contributed by atoms with Crippen molar-refractivity contribution < 1.29 is 14.0 Å². The first-order valence-corrected chi connectivity index (χ1v) is 13.2. The third-order valence-corrected chi connectivity index (χ3v) is 8.10. The monoisotopic (exact) mass is 488 g/mol. The molecule has 2 aromatic carbocycles. The minimum atomic E-state index is -0.315. The first-order chi connectivity index (χ1) is 16.9. The predicted molar refractivity (Wildman–Crippen MR) is 139 cm³/mol. The van der Waals surface area contributed by atoms with Crippen molar-refractivity contribution in [2.75, 3.05) is 0 Å². The molecule has 1 saturated carbocycles. The van der Waals surface area contributed by atoms with E-state index in [9.17, 15) is 14.0 Å². The smallest absolute Gasteiger partial charge is 0.173 e. The van der Waals surface area contributed by atoms with Crippen LogP contribution in [-0.2, 0) is 0 Å². The highest BCUT2D eigenvalue weighted by molar-refractivity contribution is 7.14. The number of Topliss-reactive ketones (excluding diaryl/α,β-unsaturated/α-hetero) is 2. The molecular weight excluding hydrogens is 459 g/mol. The van der Waals surface area contributed by atoms with Crippen molar-refractivity contribution in [3.63, 3.8) is 0 Å². The summed E-state index contributed by atoms with van der Waals surface area (Å²) in [5.41, 5.74) is 2.69. The van der Waals surface area contributed by atoms with Crippen molar-refractivity contribution in [1.29, 1.82) is 0 Å². The summed E-state index contributed by atoms with van der Waals surface area (Å²) >= 11 is 1.56. The second-order valence-corrected chi connectivity index (χ2v) is 10.8. The lowest BCUT2D eigenvalue weighted by molar-refractivity contribution is 0.0944. The molecule has 180 valence electrons. The fourth-order valence-electron chi connectivity index (χ4n) is 5.31. The van der Waals surface area contributed by atoms with E-state index in [2.05, 4.69) is 4.57 Å². The number of carbonyl (C=O) groups excluding carboxylic acids is 2. The van der Waals surface area contributed by atoms with E-state index in [1.54, 1.807) is 23.5 Å². The summed E-state index contributed by atoms with van der Waals surface area (Å²) in [7, 11) is 0. The Morgan fingerprint density at radius 3 is 2.66 bits per heavy atom. The summed E-state index contributed by atoms with van der Waals surface area (Å²) in [4.78, 5) is 32.0. The first kappa shape index (κ1) is 23.6. The Labute approximate surface area is 208 Å². The first-order valence-electron chi connectivity index (χ1n) is 12.3. The highest BCUT2D eigenvalue weighted by Gasteiger charge is 2.29. The SMILES string of the molecule is CCC(=O)c1ccc2c(c1)nc(-c1ccccc1F)n2[C@H]1CCC[C@@H](CC(=O)c2ccc(C)s2)C1. The summed E-state index contributed by atoms with van der Waals surface area (Å²) in [6.07, 6.45) is 4.78. The fraction of sp³-hybridized carbons (Fsp3) is 0.345. The summed E-state index contributed by atoms with van der Waals surface area (Å²) in [5, 5.41) is 0. The maximum absolute atomic E-state index is 14.9. The molecule has 0 spiro atoms. The van der Waals surface area contributed by atoms with Gasteiger partial charge in [0.1, 0.15) is 11.6 Å². The Morgan fingerprint density at radius 2 is 1.91 bits per heavy atom. The van der Waals surface area contributed by atoms with Crippen LogP contribution in [0.15, 0.2) is 54.6 Å². The van der Waals surface area contributed by atoms with Gasteiger partial charge in [-0.1, -0.05) is 25.5 Å². The molecule has 6 heteroatoms.